The molecule has 0 saturated carbocycles. The highest BCUT2D eigenvalue weighted by Gasteiger charge is 2.30. The van der Waals surface area contributed by atoms with Gasteiger partial charge in [0.25, 0.3) is 0 Å². The molecule has 0 aromatic heterocycles. The standard InChI is InChI=1S/C17H9FO3/c18-14-16(20)11(12-13(15(12)19)17(14)21)10-7-3-5-8-4-1-2-6-9(8)10/h1-7,20-21H. The van der Waals surface area contributed by atoms with E-state index in [1.165, 1.54) is 0 Å². The maximum Gasteiger partial charge on any atom is 0.207 e. The van der Waals surface area contributed by atoms with Crippen molar-refractivity contribution in [3.8, 4) is 22.6 Å². The molecule has 0 fully saturated rings. The summed E-state index contributed by atoms with van der Waals surface area (Å²) in [7, 11) is 0. The minimum absolute atomic E-state index is 0.0340. The average Bonchev–Trinajstić information content (AvgIpc) is 3.16. The molecule has 0 heterocycles. The van der Waals surface area contributed by atoms with Crippen molar-refractivity contribution in [3.63, 3.8) is 0 Å². The summed E-state index contributed by atoms with van der Waals surface area (Å²) in [5.41, 5.74) is 0.309. The van der Waals surface area contributed by atoms with E-state index in [1.54, 1.807) is 12.1 Å². The fourth-order valence-electron chi connectivity index (χ4n) is 2.79. The number of rotatable bonds is 1. The van der Waals surface area contributed by atoms with E-state index in [2.05, 4.69) is 0 Å². The second-order valence-electron chi connectivity index (χ2n) is 4.99. The molecule has 21 heavy (non-hydrogen) atoms. The van der Waals surface area contributed by atoms with Gasteiger partial charge in [-0.3, -0.25) is 4.79 Å². The Morgan fingerprint density at radius 1 is 0.857 bits per heavy atom. The van der Waals surface area contributed by atoms with Crippen LogP contribution in [0, 0.1) is 5.82 Å². The van der Waals surface area contributed by atoms with Crippen LogP contribution in [-0.4, -0.2) is 10.2 Å². The Labute approximate surface area is 118 Å². The van der Waals surface area contributed by atoms with Crippen molar-refractivity contribution < 1.29 is 14.6 Å². The molecule has 102 valence electrons. The normalized spacial score (nSPS) is 11.7. The fourth-order valence-corrected chi connectivity index (χ4v) is 2.79. The number of hydrogen-bond donors (Lipinski definition) is 2. The molecule has 0 saturated heterocycles. The van der Waals surface area contributed by atoms with Gasteiger partial charge in [-0.15, -0.1) is 0 Å². The maximum atomic E-state index is 13.9. The molecular formula is C17H9FO3. The SMILES string of the molecule is O=c1c2c(O)c(F)c(O)c(-c3cccc4ccccc34)c12. The van der Waals surface area contributed by atoms with Gasteiger partial charge < -0.3 is 10.2 Å². The van der Waals surface area contributed by atoms with Crippen LogP contribution in [0.5, 0.6) is 11.5 Å². The summed E-state index contributed by atoms with van der Waals surface area (Å²) in [5.74, 6) is -2.60. The van der Waals surface area contributed by atoms with Gasteiger partial charge in [0, 0.05) is 10.9 Å². The molecule has 4 aromatic carbocycles. The molecule has 0 aliphatic carbocycles. The number of fused-ring (bicyclic) bond motifs is 2. The molecule has 0 bridgehead atoms. The minimum atomic E-state index is -1.15. The zero-order valence-corrected chi connectivity index (χ0v) is 10.7. The molecule has 0 aliphatic heterocycles. The van der Waals surface area contributed by atoms with Gasteiger partial charge in [0.2, 0.25) is 5.82 Å². The predicted octanol–water partition coefficient (Wildman–Crippen LogP) is 3.45. The average molecular weight is 280 g/mol. The molecule has 0 radical (unpaired) electrons. The molecular weight excluding hydrogens is 271 g/mol. The summed E-state index contributed by atoms with van der Waals surface area (Å²) in [5, 5.41) is 21.5. The third-order valence-electron chi connectivity index (χ3n) is 3.84. The van der Waals surface area contributed by atoms with Crippen LogP contribution in [0.2, 0.25) is 0 Å². The second kappa shape index (κ2) is 3.82. The molecule has 0 spiro atoms. The van der Waals surface area contributed by atoms with Gasteiger partial charge in [0.1, 0.15) is 0 Å². The van der Waals surface area contributed by atoms with Crippen LogP contribution in [0.4, 0.5) is 4.39 Å². The highest BCUT2D eigenvalue weighted by atomic mass is 19.1. The molecule has 0 amide bonds. The van der Waals surface area contributed by atoms with E-state index in [1.807, 2.05) is 30.3 Å². The first kappa shape index (κ1) is 11.9. The zero-order chi connectivity index (χ0) is 14.7. The Morgan fingerprint density at radius 2 is 1.57 bits per heavy atom. The lowest BCUT2D eigenvalue weighted by molar-refractivity contribution is 0.396. The lowest BCUT2D eigenvalue weighted by Crippen LogP contribution is -1.85. The van der Waals surface area contributed by atoms with Gasteiger partial charge >= 0.3 is 0 Å². The van der Waals surface area contributed by atoms with Gasteiger partial charge in [-0.2, -0.15) is 4.39 Å². The zero-order valence-electron chi connectivity index (χ0n) is 10.7. The van der Waals surface area contributed by atoms with E-state index in [9.17, 15) is 19.4 Å². The largest absolute Gasteiger partial charge is 0.504 e. The van der Waals surface area contributed by atoms with Crippen LogP contribution in [0.1, 0.15) is 0 Å². The summed E-state index contributed by atoms with van der Waals surface area (Å²) in [6, 6.07) is 12.8. The summed E-state index contributed by atoms with van der Waals surface area (Å²) in [6.45, 7) is 0. The van der Waals surface area contributed by atoms with E-state index in [-0.39, 0.29) is 16.3 Å². The molecule has 4 heteroatoms. The first-order valence-corrected chi connectivity index (χ1v) is 6.41. The topological polar surface area (TPSA) is 57.5 Å². The van der Waals surface area contributed by atoms with Gasteiger partial charge in [-0.25, -0.2) is 0 Å². The van der Waals surface area contributed by atoms with E-state index in [0.29, 0.717) is 5.56 Å². The Morgan fingerprint density at radius 3 is 2.38 bits per heavy atom. The molecule has 0 atom stereocenters. The Bertz CT molecular complexity index is 1030. The van der Waals surface area contributed by atoms with Crippen molar-refractivity contribution in [1.29, 1.82) is 0 Å². The minimum Gasteiger partial charge on any atom is -0.504 e. The van der Waals surface area contributed by atoms with Crippen LogP contribution in [0.3, 0.4) is 0 Å². The molecule has 2 N–H and O–H groups in total. The molecule has 0 unspecified atom stereocenters. The van der Waals surface area contributed by atoms with Gasteiger partial charge in [-0.05, 0) is 16.3 Å². The van der Waals surface area contributed by atoms with Crippen molar-refractivity contribution in [1.82, 2.24) is 0 Å². The van der Waals surface area contributed by atoms with Crippen molar-refractivity contribution in [2.45, 2.75) is 0 Å². The quantitative estimate of drug-likeness (QED) is 0.561. The number of phenols is 2. The van der Waals surface area contributed by atoms with Crippen LogP contribution in [0.25, 0.3) is 32.7 Å². The lowest BCUT2D eigenvalue weighted by Gasteiger charge is -2.09. The number of benzene rings is 3. The molecule has 0 aliphatic rings. The lowest BCUT2D eigenvalue weighted by atomic mass is 9.97. The van der Waals surface area contributed by atoms with E-state index in [0.717, 1.165) is 10.8 Å². The van der Waals surface area contributed by atoms with Crippen molar-refractivity contribution in [2.24, 2.45) is 0 Å². The van der Waals surface area contributed by atoms with Crippen LogP contribution in [-0.2, 0) is 0 Å². The molecule has 4 rings (SSSR count). The van der Waals surface area contributed by atoms with E-state index >= 15 is 0 Å². The maximum absolute atomic E-state index is 13.9. The predicted molar refractivity (Wildman–Crippen MR) is 78.8 cm³/mol. The fraction of sp³-hybridized carbons (Fsp3) is 0. The Hall–Kier alpha value is -2.88. The highest BCUT2D eigenvalue weighted by Crippen LogP contribution is 2.46. The first-order chi connectivity index (χ1) is 10.1. The number of halogens is 1. The van der Waals surface area contributed by atoms with Crippen molar-refractivity contribution >= 4 is 21.5 Å². The third kappa shape index (κ3) is 1.44. The third-order valence-corrected chi connectivity index (χ3v) is 3.84. The van der Waals surface area contributed by atoms with Crippen LogP contribution >= 0.6 is 0 Å². The van der Waals surface area contributed by atoms with Crippen LogP contribution < -0.4 is 5.43 Å². The molecule has 4 aromatic rings. The smallest absolute Gasteiger partial charge is 0.207 e. The Balaban J connectivity index is 2.18. The van der Waals surface area contributed by atoms with Crippen molar-refractivity contribution in [2.75, 3.05) is 0 Å². The highest BCUT2D eigenvalue weighted by molar-refractivity contribution is 6.16. The summed E-state index contributed by atoms with van der Waals surface area (Å²) >= 11 is 0. The van der Waals surface area contributed by atoms with Gasteiger partial charge in [0.15, 0.2) is 16.9 Å². The monoisotopic (exact) mass is 280 g/mol. The second-order valence-corrected chi connectivity index (χ2v) is 4.99. The Kier molecular flexibility index (Phi) is 2.17. The number of aromatic hydroxyl groups is 2. The first-order valence-electron chi connectivity index (χ1n) is 6.41. The van der Waals surface area contributed by atoms with E-state index in [4.69, 9.17) is 0 Å². The van der Waals surface area contributed by atoms with Gasteiger partial charge in [-0.1, -0.05) is 42.5 Å². The molecule has 3 nitrogen and oxygen atoms in total. The van der Waals surface area contributed by atoms with E-state index < -0.39 is 22.7 Å². The summed E-state index contributed by atoms with van der Waals surface area (Å²) in [4.78, 5) is 11.8. The summed E-state index contributed by atoms with van der Waals surface area (Å²) < 4.78 is 13.9. The van der Waals surface area contributed by atoms with Crippen molar-refractivity contribution in [3.05, 3.63) is 58.5 Å². The summed E-state index contributed by atoms with van der Waals surface area (Å²) in [6.07, 6.45) is 0. The number of hydrogen-bond acceptors (Lipinski definition) is 3. The van der Waals surface area contributed by atoms with Crippen LogP contribution in [0.15, 0.2) is 47.3 Å². The number of phenolic OH excluding ortho intramolecular Hbond substituents is 2. The van der Waals surface area contributed by atoms with Gasteiger partial charge in [0.05, 0.1) is 5.39 Å².